The fourth-order valence-electron chi connectivity index (χ4n) is 1.77. The monoisotopic (exact) mass is 233 g/mol. The summed E-state index contributed by atoms with van der Waals surface area (Å²) in [4.78, 5) is 14.0. The van der Waals surface area contributed by atoms with E-state index in [0.717, 1.165) is 12.3 Å². The van der Waals surface area contributed by atoms with Gasteiger partial charge in [0.25, 0.3) is 5.09 Å². The van der Waals surface area contributed by atoms with Crippen molar-refractivity contribution in [2.75, 3.05) is 19.8 Å². The van der Waals surface area contributed by atoms with E-state index in [4.69, 9.17) is 4.74 Å². The van der Waals surface area contributed by atoms with Crippen molar-refractivity contribution in [3.63, 3.8) is 0 Å². The van der Waals surface area contributed by atoms with Crippen molar-refractivity contribution in [3.05, 3.63) is 10.1 Å². The lowest BCUT2D eigenvalue weighted by molar-refractivity contribution is -0.758. The maximum atomic E-state index is 9.84. The Bertz CT molecular complexity index is 169. The van der Waals surface area contributed by atoms with E-state index in [1.807, 2.05) is 0 Å². The average Bonchev–Trinajstić information content (AvgIpc) is 2.23. The molecule has 0 atom stereocenters. The Morgan fingerprint density at radius 3 is 2.19 bits per heavy atom. The van der Waals surface area contributed by atoms with Crippen molar-refractivity contribution in [2.45, 2.75) is 46.0 Å². The number of rotatable bonds is 11. The van der Waals surface area contributed by atoms with Crippen LogP contribution in [0.15, 0.2) is 0 Å². The normalized spacial score (nSPS) is 10.7. The molecule has 5 nitrogen and oxygen atoms in total. The van der Waals surface area contributed by atoms with Crippen LogP contribution in [0.3, 0.4) is 0 Å². The average molecular weight is 233 g/mol. The largest absolute Gasteiger partial charge is 0.379 e. The minimum absolute atomic E-state index is 0.0270. The van der Waals surface area contributed by atoms with Crippen LogP contribution >= 0.6 is 0 Å². The molecule has 0 radical (unpaired) electrons. The van der Waals surface area contributed by atoms with E-state index in [2.05, 4.69) is 18.7 Å². The molecule has 0 rings (SSSR count). The van der Waals surface area contributed by atoms with Crippen LogP contribution in [0, 0.1) is 16.0 Å². The first kappa shape index (κ1) is 15.2. The van der Waals surface area contributed by atoms with Crippen LogP contribution < -0.4 is 0 Å². The number of nitrogens with zero attached hydrogens (tertiary/aromatic N) is 1. The molecule has 0 aromatic heterocycles. The Morgan fingerprint density at radius 2 is 1.69 bits per heavy atom. The molecular weight excluding hydrogens is 210 g/mol. The zero-order valence-electron chi connectivity index (χ0n) is 10.3. The van der Waals surface area contributed by atoms with Gasteiger partial charge in [0.05, 0.1) is 6.61 Å². The molecule has 16 heavy (non-hydrogen) atoms. The molecule has 0 saturated heterocycles. The molecule has 0 unspecified atom stereocenters. The molecule has 5 heteroatoms. The van der Waals surface area contributed by atoms with Gasteiger partial charge in [-0.3, -0.25) is 0 Å². The van der Waals surface area contributed by atoms with E-state index in [-0.39, 0.29) is 6.61 Å². The smallest absolute Gasteiger partial charge is 0.294 e. The Kier molecular flexibility index (Phi) is 10.1. The van der Waals surface area contributed by atoms with Crippen molar-refractivity contribution in [1.29, 1.82) is 0 Å². The highest BCUT2D eigenvalue weighted by Crippen LogP contribution is 2.17. The van der Waals surface area contributed by atoms with E-state index < -0.39 is 5.09 Å². The first-order valence-electron chi connectivity index (χ1n) is 6.05. The lowest BCUT2D eigenvalue weighted by Crippen LogP contribution is -2.11. The predicted molar refractivity (Wildman–Crippen MR) is 61.7 cm³/mol. The highest BCUT2D eigenvalue weighted by molar-refractivity contribution is 4.57. The summed E-state index contributed by atoms with van der Waals surface area (Å²) in [5, 5.41) is 9.05. The highest BCUT2D eigenvalue weighted by atomic mass is 17.0. The second kappa shape index (κ2) is 10.7. The predicted octanol–water partition coefficient (Wildman–Crippen LogP) is 2.82. The molecule has 0 aromatic carbocycles. The minimum Gasteiger partial charge on any atom is -0.379 e. The molecule has 0 aliphatic heterocycles. The van der Waals surface area contributed by atoms with Gasteiger partial charge in [0.2, 0.25) is 0 Å². The van der Waals surface area contributed by atoms with E-state index in [0.29, 0.717) is 13.2 Å². The topological polar surface area (TPSA) is 61.6 Å². The van der Waals surface area contributed by atoms with Gasteiger partial charge in [-0.1, -0.05) is 39.5 Å². The molecule has 0 amide bonds. The third-order valence-electron chi connectivity index (χ3n) is 2.49. The van der Waals surface area contributed by atoms with Crippen LogP contribution in [0.1, 0.15) is 46.0 Å². The van der Waals surface area contributed by atoms with Gasteiger partial charge in [0.15, 0.2) is 0 Å². The molecule has 0 spiro atoms. The first-order chi connectivity index (χ1) is 7.70. The van der Waals surface area contributed by atoms with Gasteiger partial charge in [-0.15, -0.1) is 10.1 Å². The molecule has 0 bridgehead atoms. The molecule has 0 saturated carbocycles. The molecule has 0 heterocycles. The molecular formula is C11H23NO4. The van der Waals surface area contributed by atoms with Gasteiger partial charge in [0, 0.05) is 6.61 Å². The zero-order valence-corrected chi connectivity index (χ0v) is 10.3. The lowest BCUT2D eigenvalue weighted by atomic mass is 9.95. The van der Waals surface area contributed by atoms with E-state index in [9.17, 15) is 10.1 Å². The summed E-state index contributed by atoms with van der Waals surface area (Å²) in [5.41, 5.74) is 0. The van der Waals surface area contributed by atoms with Gasteiger partial charge in [-0.05, 0) is 12.3 Å². The van der Waals surface area contributed by atoms with Crippen LogP contribution in [-0.4, -0.2) is 24.9 Å². The van der Waals surface area contributed by atoms with Gasteiger partial charge in [-0.2, -0.15) is 0 Å². The van der Waals surface area contributed by atoms with E-state index >= 15 is 0 Å². The molecule has 0 N–H and O–H groups in total. The maximum absolute atomic E-state index is 9.84. The SMILES string of the molecule is CCCC(CCC)CCOCCO[N+](=O)[O-]. The second-order valence-corrected chi connectivity index (χ2v) is 3.90. The number of hydrogen-bond donors (Lipinski definition) is 0. The van der Waals surface area contributed by atoms with Crippen molar-refractivity contribution in [1.82, 2.24) is 0 Å². The molecule has 0 fully saturated rings. The van der Waals surface area contributed by atoms with Crippen LogP contribution in [0.4, 0.5) is 0 Å². The van der Waals surface area contributed by atoms with Crippen molar-refractivity contribution in [3.8, 4) is 0 Å². The summed E-state index contributed by atoms with van der Waals surface area (Å²) in [6.45, 7) is 5.37. The standard InChI is InChI=1S/C11H23NO4/c1-3-5-11(6-4-2)7-8-15-9-10-16-12(13)14/h11H,3-10H2,1-2H3. The van der Waals surface area contributed by atoms with Gasteiger partial charge < -0.3 is 9.57 Å². The third kappa shape index (κ3) is 9.71. The van der Waals surface area contributed by atoms with Crippen LogP contribution in [0.2, 0.25) is 0 Å². The minimum atomic E-state index is -0.791. The molecule has 96 valence electrons. The van der Waals surface area contributed by atoms with Crippen molar-refractivity contribution in [2.24, 2.45) is 5.92 Å². The Morgan fingerprint density at radius 1 is 1.06 bits per heavy atom. The third-order valence-corrected chi connectivity index (χ3v) is 2.49. The number of hydrogen-bond acceptors (Lipinski definition) is 4. The summed E-state index contributed by atoms with van der Waals surface area (Å²) in [5.74, 6) is 0.728. The molecule has 0 aromatic rings. The van der Waals surface area contributed by atoms with Gasteiger partial charge in [0.1, 0.15) is 6.61 Å². The van der Waals surface area contributed by atoms with Crippen LogP contribution in [0.25, 0.3) is 0 Å². The zero-order chi connectivity index (χ0) is 12.2. The molecule has 0 aliphatic rings. The van der Waals surface area contributed by atoms with E-state index in [1.54, 1.807) is 0 Å². The fourth-order valence-corrected chi connectivity index (χ4v) is 1.77. The van der Waals surface area contributed by atoms with E-state index in [1.165, 1.54) is 25.7 Å². The summed E-state index contributed by atoms with van der Waals surface area (Å²) in [6, 6.07) is 0. The Hall–Kier alpha value is -0.840. The van der Waals surface area contributed by atoms with Crippen LogP contribution in [-0.2, 0) is 9.57 Å². The van der Waals surface area contributed by atoms with Gasteiger partial charge >= 0.3 is 0 Å². The van der Waals surface area contributed by atoms with Gasteiger partial charge in [-0.25, -0.2) is 0 Å². The second-order valence-electron chi connectivity index (χ2n) is 3.90. The fraction of sp³-hybridized carbons (Fsp3) is 1.00. The summed E-state index contributed by atoms with van der Waals surface area (Å²) >= 11 is 0. The van der Waals surface area contributed by atoms with Crippen molar-refractivity contribution < 1.29 is 14.7 Å². The highest BCUT2D eigenvalue weighted by Gasteiger charge is 2.06. The van der Waals surface area contributed by atoms with Crippen molar-refractivity contribution >= 4 is 0 Å². The quantitative estimate of drug-likeness (QED) is 0.313. The number of ether oxygens (including phenoxy) is 1. The summed E-state index contributed by atoms with van der Waals surface area (Å²) in [7, 11) is 0. The first-order valence-corrected chi connectivity index (χ1v) is 6.05. The maximum Gasteiger partial charge on any atom is 0.294 e. The Balaban J connectivity index is 3.35. The summed E-state index contributed by atoms with van der Waals surface area (Å²) in [6.07, 6.45) is 5.93. The Labute approximate surface area is 97.2 Å². The summed E-state index contributed by atoms with van der Waals surface area (Å²) < 4.78 is 5.28. The van der Waals surface area contributed by atoms with Crippen LogP contribution in [0.5, 0.6) is 0 Å². The molecule has 0 aliphatic carbocycles. The lowest BCUT2D eigenvalue weighted by Gasteiger charge is -2.14.